The largest absolute Gasteiger partial charge is 0.496 e. The first-order valence-corrected chi connectivity index (χ1v) is 8.39. The summed E-state index contributed by atoms with van der Waals surface area (Å²) < 4.78 is 31.7. The van der Waals surface area contributed by atoms with Crippen LogP contribution < -0.4 is 9.46 Å². The molecule has 0 bridgehead atoms. The van der Waals surface area contributed by atoms with E-state index in [2.05, 4.69) is 4.72 Å². The van der Waals surface area contributed by atoms with Crippen LogP contribution >= 0.6 is 11.6 Å². The molecule has 0 aliphatic carbocycles. The first kappa shape index (κ1) is 15.8. The molecule has 2 rings (SSSR count). The van der Waals surface area contributed by atoms with Crippen LogP contribution in [-0.2, 0) is 10.0 Å². The van der Waals surface area contributed by atoms with Gasteiger partial charge in [-0.3, -0.25) is 0 Å². The van der Waals surface area contributed by atoms with Crippen molar-refractivity contribution in [3.05, 3.63) is 48.5 Å². The Balaban J connectivity index is 2.31. The highest BCUT2D eigenvalue weighted by atomic mass is 35.5. The number of nitrogens with one attached hydrogen (secondary N) is 1. The maximum Gasteiger partial charge on any atom is 0.240 e. The summed E-state index contributed by atoms with van der Waals surface area (Å²) in [4.78, 5) is 0.214. The highest BCUT2D eigenvalue weighted by Crippen LogP contribution is 2.30. The highest BCUT2D eigenvalue weighted by molar-refractivity contribution is 7.89. The minimum atomic E-state index is -3.50. The molecule has 0 saturated carbocycles. The fourth-order valence-electron chi connectivity index (χ4n) is 1.95. The molecule has 4 nitrogen and oxygen atoms in total. The van der Waals surface area contributed by atoms with E-state index in [1.165, 1.54) is 0 Å². The summed E-state index contributed by atoms with van der Waals surface area (Å²) in [5, 5.41) is 0. The van der Waals surface area contributed by atoms with Crippen LogP contribution in [0.1, 0.15) is 0 Å². The fourth-order valence-corrected chi connectivity index (χ4v) is 3.19. The fraction of sp³-hybridized carbons (Fsp3) is 0.200. The average Bonchev–Trinajstić information content (AvgIpc) is 2.53. The number of ether oxygens (including phenoxy) is 1. The van der Waals surface area contributed by atoms with E-state index in [4.69, 9.17) is 16.3 Å². The zero-order chi connectivity index (χ0) is 15.3. The van der Waals surface area contributed by atoms with Gasteiger partial charge in [-0.2, -0.15) is 0 Å². The molecule has 0 aliphatic rings. The van der Waals surface area contributed by atoms with Crippen molar-refractivity contribution in [3.8, 4) is 16.9 Å². The van der Waals surface area contributed by atoms with Crippen LogP contribution in [0.25, 0.3) is 11.1 Å². The van der Waals surface area contributed by atoms with Crippen molar-refractivity contribution in [2.45, 2.75) is 4.90 Å². The molecule has 0 aromatic heterocycles. The SMILES string of the molecule is COc1ccccc1-c1ccc(S(=O)(=O)NCCCl)cc1. The molecule has 2 aromatic carbocycles. The summed E-state index contributed by atoms with van der Waals surface area (Å²) in [5.41, 5.74) is 1.81. The lowest BCUT2D eigenvalue weighted by Gasteiger charge is -2.09. The van der Waals surface area contributed by atoms with Crippen LogP contribution in [0, 0.1) is 0 Å². The number of alkyl halides is 1. The first-order chi connectivity index (χ1) is 10.1. The van der Waals surface area contributed by atoms with Gasteiger partial charge in [0.1, 0.15) is 5.75 Å². The molecular weight excluding hydrogens is 310 g/mol. The number of benzene rings is 2. The van der Waals surface area contributed by atoms with E-state index in [1.807, 2.05) is 24.3 Å². The van der Waals surface area contributed by atoms with Gasteiger partial charge in [-0.15, -0.1) is 11.6 Å². The zero-order valence-electron chi connectivity index (χ0n) is 11.5. The van der Waals surface area contributed by atoms with Gasteiger partial charge in [-0.05, 0) is 23.8 Å². The van der Waals surface area contributed by atoms with Crippen molar-refractivity contribution < 1.29 is 13.2 Å². The third-order valence-corrected chi connectivity index (χ3v) is 4.64. The summed E-state index contributed by atoms with van der Waals surface area (Å²) >= 11 is 5.49. The molecule has 0 radical (unpaired) electrons. The standard InChI is InChI=1S/C15H16ClNO3S/c1-20-15-5-3-2-4-14(15)12-6-8-13(9-7-12)21(18,19)17-11-10-16/h2-9,17H,10-11H2,1H3. The maximum atomic E-state index is 12.0. The highest BCUT2D eigenvalue weighted by Gasteiger charge is 2.13. The van der Waals surface area contributed by atoms with Crippen molar-refractivity contribution in [2.24, 2.45) is 0 Å². The number of para-hydroxylation sites is 1. The number of hydrogen-bond acceptors (Lipinski definition) is 3. The molecule has 0 unspecified atom stereocenters. The molecule has 0 spiro atoms. The molecule has 21 heavy (non-hydrogen) atoms. The van der Waals surface area contributed by atoms with Crippen LogP contribution in [0.4, 0.5) is 0 Å². The number of methoxy groups -OCH3 is 1. The van der Waals surface area contributed by atoms with Gasteiger partial charge < -0.3 is 4.74 Å². The minimum absolute atomic E-state index is 0.206. The number of rotatable bonds is 6. The molecule has 6 heteroatoms. The second-order valence-electron chi connectivity index (χ2n) is 4.31. The monoisotopic (exact) mass is 325 g/mol. The van der Waals surface area contributed by atoms with Gasteiger partial charge in [0.15, 0.2) is 0 Å². The smallest absolute Gasteiger partial charge is 0.240 e. The Morgan fingerprint density at radius 2 is 1.76 bits per heavy atom. The van der Waals surface area contributed by atoms with Gasteiger partial charge in [0.05, 0.1) is 12.0 Å². The lowest BCUT2D eigenvalue weighted by atomic mass is 10.1. The molecule has 0 saturated heterocycles. The number of hydrogen-bond donors (Lipinski definition) is 1. The summed E-state index contributed by atoms with van der Waals surface area (Å²) in [6, 6.07) is 14.2. The van der Waals surface area contributed by atoms with Crippen LogP contribution in [0.15, 0.2) is 53.4 Å². The summed E-state index contributed by atoms with van der Waals surface area (Å²) in [7, 11) is -1.90. The van der Waals surface area contributed by atoms with Crippen molar-refractivity contribution in [1.82, 2.24) is 4.72 Å². The Kier molecular flexibility index (Phi) is 5.22. The van der Waals surface area contributed by atoms with Crippen molar-refractivity contribution in [2.75, 3.05) is 19.5 Å². The summed E-state index contributed by atoms with van der Waals surface area (Å²) in [5.74, 6) is 0.979. The summed E-state index contributed by atoms with van der Waals surface area (Å²) in [6.07, 6.45) is 0. The van der Waals surface area contributed by atoms with Gasteiger partial charge in [0.2, 0.25) is 10.0 Å². The third kappa shape index (κ3) is 3.75. The van der Waals surface area contributed by atoms with Crippen LogP contribution in [0.5, 0.6) is 5.75 Å². The second-order valence-corrected chi connectivity index (χ2v) is 6.46. The summed E-state index contributed by atoms with van der Waals surface area (Å²) in [6.45, 7) is 0.206. The van der Waals surface area contributed by atoms with Crippen LogP contribution in [0.2, 0.25) is 0 Å². The van der Waals surface area contributed by atoms with Crippen LogP contribution in [-0.4, -0.2) is 28.0 Å². The first-order valence-electron chi connectivity index (χ1n) is 6.37. The Labute approximate surface area is 129 Å². The molecule has 1 N–H and O–H groups in total. The molecule has 0 aliphatic heterocycles. The van der Waals surface area contributed by atoms with Crippen molar-refractivity contribution in [1.29, 1.82) is 0 Å². The van der Waals surface area contributed by atoms with E-state index in [9.17, 15) is 8.42 Å². The average molecular weight is 326 g/mol. The van der Waals surface area contributed by atoms with E-state index in [1.54, 1.807) is 31.4 Å². The Hall–Kier alpha value is -1.56. The van der Waals surface area contributed by atoms with Gasteiger partial charge in [0, 0.05) is 18.0 Å². The maximum absolute atomic E-state index is 12.0. The second kappa shape index (κ2) is 6.93. The molecule has 0 fully saturated rings. The number of sulfonamides is 1. The molecule has 0 amide bonds. The van der Waals surface area contributed by atoms with E-state index in [0.717, 1.165) is 16.9 Å². The Morgan fingerprint density at radius 1 is 1.10 bits per heavy atom. The molecule has 112 valence electrons. The Bertz CT molecular complexity index is 699. The van der Waals surface area contributed by atoms with Gasteiger partial charge in [-0.1, -0.05) is 30.3 Å². The van der Waals surface area contributed by atoms with E-state index >= 15 is 0 Å². The number of halogens is 1. The Morgan fingerprint density at radius 3 is 2.38 bits per heavy atom. The zero-order valence-corrected chi connectivity index (χ0v) is 13.1. The van der Waals surface area contributed by atoms with E-state index in [0.29, 0.717) is 0 Å². The topological polar surface area (TPSA) is 55.4 Å². The predicted molar refractivity (Wildman–Crippen MR) is 84.3 cm³/mol. The van der Waals surface area contributed by atoms with Gasteiger partial charge in [-0.25, -0.2) is 13.1 Å². The molecule has 0 heterocycles. The predicted octanol–water partition coefficient (Wildman–Crippen LogP) is 2.88. The van der Waals surface area contributed by atoms with Gasteiger partial charge in [0.25, 0.3) is 0 Å². The van der Waals surface area contributed by atoms with E-state index in [-0.39, 0.29) is 17.3 Å². The van der Waals surface area contributed by atoms with Gasteiger partial charge >= 0.3 is 0 Å². The normalized spacial score (nSPS) is 11.3. The van der Waals surface area contributed by atoms with Crippen molar-refractivity contribution >= 4 is 21.6 Å². The molecular formula is C15H16ClNO3S. The van der Waals surface area contributed by atoms with Crippen LogP contribution in [0.3, 0.4) is 0 Å². The lowest BCUT2D eigenvalue weighted by molar-refractivity contribution is 0.416. The molecule has 0 atom stereocenters. The lowest BCUT2D eigenvalue weighted by Crippen LogP contribution is -2.25. The van der Waals surface area contributed by atoms with E-state index < -0.39 is 10.0 Å². The third-order valence-electron chi connectivity index (χ3n) is 2.97. The minimum Gasteiger partial charge on any atom is -0.496 e. The quantitative estimate of drug-likeness (QED) is 0.831. The molecule has 2 aromatic rings. The van der Waals surface area contributed by atoms with Crippen molar-refractivity contribution in [3.63, 3.8) is 0 Å².